The number of carbonyl (C=O) groups is 1. The summed E-state index contributed by atoms with van der Waals surface area (Å²) in [6.45, 7) is 3.88. The van der Waals surface area contributed by atoms with Gasteiger partial charge in [0.15, 0.2) is 0 Å². The lowest BCUT2D eigenvalue weighted by Crippen LogP contribution is -2.50. The zero-order chi connectivity index (χ0) is 12.5. The monoisotopic (exact) mass is 243 g/mol. The molecule has 100 valence electrons. The van der Waals surface area contributed by atoms with Gasteiger partial charge in [-0.25, -0.2) is 0 Å². The molecule has 4 nitrogen and oxygen atoms in total. The summed E-state index contributed by atoms with van der Waals surface area (Å²) in [7, 11) is 0. The Morgan fingerprint density at radius 3 is 2.82 bits per heavy atom. The maximum atomic E-state index is 12.0. The van der Waals surface area contributed by atoms with E-state index in [0.29, 0.717) is 26.2 Å². The van der Waals surface area contributed by atoms with Gasteiger partial charge in [0.05, 0.1) is 25.9 Å². The second-order valence-electron chi connectivity index (χ2n) is 4.66. The van der Waals surface area contributed by atoms with Crippen LogP contribution in [0.25, 0.3) is 0 Å². The quantitative estimate of drug-likeness (QED) is 0.690. The van der Waals surface area contributed by atoms with Crippen LogP contribution in [0.1, 0.15) is 45.4 Å². The minimum atomic E-state index is -0.133. The number of morpholine rings is 1. The van der Waals surface area contributed by atoms with Crippen molar-refractivity contribution in [3.63, 3.8) is 0 Å². The van der Waals surface area contributed by atoms with Crippen molar-refractivity contribution < 1.29 is 14.6 Å². The number of hydrogen-bond acceptors (Lipinski definition) is 3. The number of amides is 1. The molecule has 0 aromatic carbocycles. The first-order valence-electron chi connectivity index (χ1n) is 6.77. The lowest BCUT2D eigenvalue weighted by atomic mass is 10.1. The second kappa shape index (κ2) is 8.48. The van der Waals surface area contributed by atoms with E-state index in [-0.39, 0.29) is 18.6 Å². The molecule has 0 spiro atoms. The molecule has 1 atom stereocenters. The number of aliphatic hydroxyl groups is 1. The summed E-state index contributed by atoms with van der Waals surface area (Å²) in [5, 5.41) is 9.18. The van der Waals surface area contributed by atoms with Crippen LogP contribution < -0.4 is 0 Å². The Kier molecular flexibility index (Phi) is 7.21. The molecule has 1 unspecified atom stereocenters. The number of aliphatic hydroxyl groups excluding tert-OH is 1. The van der Waals surface area contributed by atoms with Gasteiger partial charge in [-0.1, -0.05) is 32.6 Å². The zero-order valence-corrected chi connectivity index (χ0v) is 10.9. The molecule has 1 N–H and O–H groups in total. The molecule has 0 aliphatic carbocycles. The van der Waals surface area contributed by atoms with Crippen molar-refractivity contribution in [2.75, 3.05) is 26.4 Å². The fraction of sp³-hybridized carbons (Fsp3) is 0.923. The summed E-state index contributed by atoms with van der Waals surface area (Å²) in [5.41, 5.74) is 0. The maximum absolute atomic E-state index is 12.0. The maximum Gasteiger partial charge on any atom is 0.223 e. The van der Waals surface area contributed by atoms with Gasteiger partial charge in [0, 0.05) is 13.0 Å². The lowest BCUT2D eigenvalue weighted by Gasteiger charge is -2.34. The molecule has 1 fully saturated rings. The van der Waals surface area contributed by atoms with Crippen LogP contribution in [0.15, 0.2) is 0 Å². The molecule has 1 saturated heterocycles. The Balaban J connectivity index is 2.20. The van der Waals surface area contributed by atoms with Gasteiger partial charge >= 0.3 is 0 Å². The number of unbranched alkanes of at least 4 members (excludes halogenated alkanes) is 4. The third-order valence-corrected chi connectivity index (χ3v) is 3.25. The van der Waals surface area contributed by atoms with Crippen molar-refractivity contribution in [3.8, 4) is 0 Å². The molecule has 0 bridgehead atoms. The number of nitrogens with zero attached hydrogens (tertiary/aromatic N) is 1. The van der Waals surface area contributed by atoms with Gasteiger partial charge in [0.25, 0.3) is 0 Å². The average molecular weight is 243 g/mol. The van der Waals surface area contributed by atoms with E-state index in [1.54, 1.807) is 4.90 Å². The number of rotatable bonds is 7. The van der Waals surface area contributed by atoms with Crippen molar-refractivity contribution in [2.45, 2.75) is 51.5 Å². The molecule has 1 aliphatic heterocycles. The van der Waals surface area contributed by atoms with Crippen molar-refractivity contribution in [1.29, 1.82) is 0 Å². The van der Waals surface area contributed by atoms with Gasteiger partial charge in [0.2, 0.25) is 5.91 Å². The SMILES string of the molecule is CCCCCCCC(=O)N1CCOCC1CO. The molecule has 4 heteroatoms. The first kappa shape index (κ1) is 14.5. The summed E-state index contributed by atoms with van der Waals surface area (Å²) in [6.07, 6.45) is 6.41. The minimum Gasteiger partial charge on any atom is -0.394 e. The van der Waals surface area contributed by atoms with Crippen LogP contribution in [0.4, 0.5) is 0 Å². The van der Waals surface area contributed by atoms with Crippen molar-refractivity contribution in [2.24, 2.45) is 0 Å². The number of carbonyl (C=O) groups excluding carboxylic acids is 1. The Bertz CT molecular complexity index is 221. The predicted octanol–water partition coefficient (Wildman–Crippen LogP) is 1.57. The van der Waals surface area contributed by atoms with Crippen LogP contribution in [-0.4, -0.2) is 48.3 Å². The minimum absolute atomic E-state index is 0.00156. The summed E-state index contributed by atoms with van der Waals surface area (Å²) in [5.74, 6) is 0.170. The highest BCUT2D eigenvalue weighted by Gasteiger charge is 2.25. The van der Waals surface area contributed by atoms with Gasteiger partial charge in [-0.15, -0.1) is 0 Å². The van der Waals surface area contributed by atoms with E-state index in [4.69, 9.17) is 4.74 Å². The Morgan fingerprint density at radius 1 is 1.35 bits per heavy atom. The Hall–Kier alpha value is -0.610. The van der Waals surface area contributed by atoms with Gasteiger partial charge in [-0.2, -0.15) is 0 Å². The summed E-state index contributed by atoms with van der Waals surface area (Å²) < 4.78 is 5.26. The summed E-state index contributed by atoms with van der Waals surface area (Å²) >= 11 is 0. The molecule has 0 aromatic heterocycles. The zero-order valence-electron chi connectivity index (χ0n) is 10.9. The molecule has 1 aliphatic rings. The molecular formula is C13H25NO3. The fourth-order valence-electron chi connectivity index (χ4n) is 2.16. The number of ether oxygens (including phenoxy) is 1. The van der Waals surface area contributed by atoms with Gasteiger partial charge in [-0.05, 0) is 6.42 Å². The van der Waals surface area contributed by atoms with Crippen LogP contribution in [-0.2, 0) is 9.53 Å². The molecule has 0 radical (unpaired) electrons. The predicted molar refractivity (Wildman–Crippen MR) is 66.8 cm³/mol. The van der Waals surface area contributed by atoms with E-state index in [9.17, 15) is 9.90 Å². The van der Waals surface area contributed by atoms with Gasteiger partial charge in [0.1, 0.15) is 0 Å². The third-order valence-electron chi connectivity index (χ3n) is 3.25. The first-order chi connectivity index (χ1) is 8.29. The molecule has 0 aromatic rings. The van der Waals surface area contributed by atoms with Crippen LogP contribution in [0.2, 0.25) is 0 Å². The van der Waals surface area contributed by atoms with E-state index in [0.717, 1.165) is 12.8 Å². The Labute approximate surface area is 104 Å². The second-order valence-corrected chi connectivity index (χ2v) is 4.66. The fourth-order valence-corrected chi connectivity index (χ4v) is 2.16. The van der Waals surface area contributed by atoms with Gasteiger partial charge in [-0.3, -0.25) is 4.79 Å². The molecule has 1 amide bonds. The van der Waals surface area contributed by atoms with Crippen molar-refractivity contribution in [1.82, 2.24) is 4.90 Å². The van der Waals surface area contributed by atoms with Crippen molar-refractivity contribution >= 4 is 5.91 Å². The van der Waals surface area contributed by atoms with Gasteiger partial charge < -0.3 is 14.7 Å². The van der Waals surface area contributed by atoms with E-state index in [1.807, 2.05) is 0 Å². The molecular weight excluding hydrogens is 218 g/mol. The molecule has 17 heavy (non-hydrogen) atoms. The van der Waals surface area contributed by atoms with Crippen molar-refractivity contribution in [3.05, 3.63) is 0 Å². The van der Waals surface area contributed by atoms with E-state index in [1.165, 1.54) is 19.3 Å². The molecule has 1 heterocycles. The third kappa shape index (κ3) is 5.04. The number of hydrogen-bond donors (Lipinski definition) is 1. The van der Waals surface area contributed by atoms with E-state index >= 15 is 0 Å². The molecule has 1 rings (SSSR count). The average Bonchev–Trinajstić information content (AvgIpc) is 2.38. The summed E-state index contributed by atoms with van der Waals surface area (Å²) in [6, 6.07) is -0.133. The van der Waals surface area contributed by atoms with Crippen LogP contribution in [0.5, 0.6) is 0 Å². The smallest absolute Gasteiger partial charge is 0.223 e. The highest BCUT2D eigenvalue weighted by Crippen LogP contribution is 2.11. The van der Waals surface area contributed by atoms with Crippen LogP contribution in [0, 0.1) is 0 Å². The normalized spacial score (nSPS) is 20.6. The summed E-state index contributed by atoms with van der Waals surface area (Å²) in [4.78, 5) is 13.7. The van der Waals surface area contributed by atoms with E-state index in [2.05, 4.69) is 6.92 Å². The van der Waals surface area contributed by atoms with Crippen LogP contribution >= 0.6 is 0 Å². The highest BCUT2D eigenvalue weighted by molar-refractivity contribution is 5.76. The van der Waals surface area contributed by atoms with E-state index < -0.39 is 0 Å². The highest BCUT2D eigenvalue weighted by atomic mass is 16.5. The first-order valence-corrected chi connectivity index (χ1v) is 6.77. The van der Waals surface area contributed by atoms with Crippen LogP contribution in [0.3, 0.4) is 0 Å². The topological polar surface area (TPSA) is 49.8 Å². The molecule has 0 saturated carbocycles. The standard InChI is InChI=1S/C13H25NO3/c1-2-3-4-5-6-7-13(16)14-8-9-17-11-12(14)10-15/h12,15H,2-11H2,1H3. The lowest BCUT2D eigenvalue weighted by molar-refractivity contribution is -0.141. The largest absolute Gasteiger partial charge is 0.394 e. The Morgan fingerprint density at radius 2 is 2.12 bits per heavy atom.